The fraction of sp³-hybridized carbons (Fsp3) is 0.190. The van der Waals surface area contributed by atoms with Gasteiger partial charge in [-0.25, -0.2) is 0 Å². The zero-order valence-corrected chi connectivity index (χ0v) is 15.7. The molecule has 0 aliphatic rings. The molecule has 3 aromatic carbocycles. The Kier molecular flexibility index (Phi) is 4.80. The summed E-state index contributed by atoms with van der Waals surface area (Å²) >= 11 is 0. The molecule has 0 saturated heterocycles. The standard InChI is InChI=1S/C21H20O3P/c1-13-11-14(2)19(15(3)12-13)20(22)18-10-9-16-7-5-6-8-17(16)21(18)25(23)24-4/h5-12H,1-4H3/q+1. The van der Waals surface area contributed by atoms with Gasteiger partial charge in [-0.2, -0.15) is 0 Å². The smallest absolute Gasteiger partial charge is 0.288 e. The van der Waals surface area contributed by atoms with Gasteiger partial charge in [0.05, 0.1) is 12.7 Å². The molecular formula is C21H20O3P+. The van der Waals surface area contributed by atoms with E-state index in [9.17, 15) is 9.36 Å². The molecule has 0 amide bonds. The van der Waals surface area contributed by atoms with Gasteiger partial charge in [0.1, 0.15) is 0 Å². The van der Waals surface area contributed by atoms with Gasteiger partial charge in [-0.3, -0.25) is 4.79 Å². The van der Waals surface area contributed by atoms with Crippen LogP contribution >= 0.6 is 8.03 Å². The summed E-state index contributed by atoms with van der Waals surface area (Å²) in [5, 5.41) is 2.20. The molecule has 0 spiro atoms. The maximum absolute atomic E-state index is 13.3. The Morgan fingerprint density at radius 3 is 2.24 bits per heavy atom. The van der Waals surface area contributed by atoms with Crippen LogP contribution < -0.4 is 5.30 Å². The number of hydrogen-bond donors (Lipinski definition) is 0. The molecule has 4 heteroatoms. The van der Waals surface area contributed by atoms with Crippen molar-refractivity contribution in [2.45, 2.75) is 20.8 Å². The molecule has 0 aliphatic heterocycles. The lowest BCUT2D eigenvalue weighted by atomic mass is 9.92. The Hall–Kier alpha value is -2.35. The lowest BCUT2D eigenvalue weighted by molar-refractivity contribution is 0.103. The van der Waals surface area contributed by atoms with Crippen molar-refractivity contribution in [3.63, 3.8) is 0 Å². The second-order valence-electron chi connectivity index (χ2n) is 6.23. The van der Waals surface area contributed by atoms with E-state index in [1.165, 1.54) is 7.11 Å². The summed E-state index contributed by atoms with van der Waals surface area (Å²) in [7, 11) is -0.713. The first-order chi connectivity index (χ1) is 11.9. The summed E-state index contributed by atoms with van der Waals surface area (Å²) in [6.07, 6.45) is 0. The molecule has 25 heavy (non-hydrogen) atoms. The quantitative estimate of drug-likeness (QED) is 0.490. The van der Waals surface area contributed by atoms with Crippen LogP contribution in [-0.4, -0.2) is 12.9 Å². The second-order valence-corrected chi connectivity index (χ2v) is 7.55. The van der Waals surface area contributed by atoms with Crippen LogP contribution in [0.15, 0.2) is 48.5 Å². The van der Waals surface area contributed by atoms with Gasteiger partial charge in [0, 0.05) is 10.9 Å². The third-order valence-corrected chi connectivity index (χ3v) is 5.58. The van der Waals surface area contributed by atoms with Crippen LogP contribution in [0.3, 0.4) is 0 Å². The summed E-state index contributed by atoms with van der Waals surface area (Å²) in [4.78, 5) is 13.3. The monoisotopic (exact) mass is 351 g/mol. The van der Waals surface area contributed by atoms with E-state index in [0.29, 0.717) is 16.4 Å². The van der Waals surface area contributed by atoms with Crippen molar-refractivity contribution in [1.82, 2.24) is 0 Å². The van der Waals surface area contributed by atoms with Crippen LogP contribution in [0, 0.1) is 20.8 Å². The van der Waals surface area contributed by atoms with Crippen LogP contribution in [0.2, 0.25) is 0 Å². The average molecular weight is 351 g/mol. The van der Waals surface area contributed by atoms with Crippen molar-refractivity contribution in [1.29, 1.82) is 0 Å². The van der Waals surface area contributed by atoms with Crippen molar-refractivity contribution >= 4 is 29.9 Å². The highest BCUT2D eigenvalue weighted by atomic mass is 31.1. The van der Waals surface area contributed by atoms with Gasteiger partial charge >= 0.3 is 8.03 Å². The Bertz CT molecular complexity index is 982. The van der Waals surface area contributed by atoms with E-state index in [2.05, 4.69) is 0 Å². The Morgan fingerprint density at radius 1 is 0.960 bits per heavy atom. The molecule has 1 atom stereocenters. The zero-order valence-electron chi connectivity index (χ0n) is 14.8. The first kappa shape index (κ1) is 17.5. The average Bonchev–Trinajstić information content (AvgIpc) is 2.59. The van der Waals surface area contributed by atoms with E-state index in [-0.39, 0.29) is 5.78 Å². The van der Waals surface area contributed by atoms with Gasteiger partial charge in [-0.05, 0) is 54.0 Å². The molecule has 126 valence electrons. The van der Waals surface area contributed by atoms with E-state index in [0.717, 1.165) is 27.5 Å². The summed E-state index contributed by atoms with van der Waals surface area (Å²) in [5.41, 5.74) is 4.08. The van der Waals surface area contributed by atoms with Crippen LogP contribution in [0.1, 0.15) is 32.6 Å². The van der Waals surface area contributed by atoms with Crippen LogP contribution in [0.4, 0.5) is 0 Å². The molecule has 3 nitrogen and oxygen atoms in total. The van der Waals surface area contributed by atoms with E-state index < -0.39 is 8.03 Å². The number of hydrogen-bond acceptors (Lipinski definition) is 3. The maximum Gasteiger partial charge on any atom is 0.549 e. The van der Waals surface area contributed by atoms with Crippen LogP contribution in [-0.2, 0) is 9.09 Å². The summed E-state index contributed by atoms with van der Waals surface area (Å²) in [6.45, 7) is 5.88. The Labute approximate surface area is 148 Å². The number of aryl methyl sites for hydroxylation is 3. The molecule has 0 heterocycles. The summed E-state index contributed by atoms with van der Waals surface area (Å²) < 4.78 is 17.7. The summed E-state index contributed by atoms with van der Waals surface area (Å²) in [5.74, 6) is -0.115. The third kappa shape index (κ3) is 3.13. The molecule has 3 aromatic rings. The van der Waals surface area contributed by atoms with E-state index in [4.69, 9.17) is 4.52 Å². The first-order valence-corrected chi connectivity index (χ1v) is 9.27. The fourth-order valence-corrected chi connectivity index (χ4v) is 4.35. The minimum Gasteiger partial charge on any atom is -0.288 e. The molecule has 0 aliphatic carbocycles. The van der Waals surface area contributed by atoms with Gasteiger partial charge in [-0.1, -0.05) is 42.0 Å². The predicted molar refractivity (Wildman–Crippen MR) is 102 cm³/mol. The third-order valence-electron chi connectivity index (χ3n) is 4.40. The highest BCUT2D eigenvalue weighted by molar-refractivity contribution is 7.49. The number of rotatable bonds is 4. The maximum atomic E-state index is 13.3. The molecule has 0 N–H and O–H groups in total. The SMILES string of the molecule is CO[P+](=O)c1c(C(=O)c2c(C)cc(C)cc2C)ccc2ccccc12. The fourth-order valence-electron chi connectivity index (χ4n) is 3.40. The predicted octanol–water partition coefficient (Wildman–Crippen LogP) is 5.01. The topological polar surface area (TPSA) is 43.4 Å². The number of ketones is 1. The van der Waals surface area contributed by atoms with Crippen LogP contribution in [0.5, 0.6) is 0 Å². The van der Waals surface area contributed by atoms with Gasteiger partial charge in [0.15, 0.2) is 5.78 Å². The number of carbonyl (C=O) groups excluding carboxylic acids is 1. The molecule has 0 bridgehead atoms. The molecule has 3 rings (SSSR count). The van der Waals surface area contributed by atoms with Crippen molar-refractivity contribution in [3.05, 3.63) is 76.3 Å². The largest absolute Gasteiger partial charge is 0.549 e. The highest BCUT2D eigenvalue weighted by Crippen LogP contribution is 2.30. The first-order valence-electron chi connectivity index (χ1n) is 8.09. The molecule has 0 fully saturated rings. The van der Waals surface area contributed by atoms with Gasteiger partial charge in [-0.15, -0.1) is 4.52 Å². The lowest BCUT2D eigenvalue weighted by Crippen LogP contribution is -2.17. The van der Waals surface area contributed by atoms with E-state index in [1.807, 2.05) is 63.2 Å². The Morgan fingerprint density at radius 2 is 1.60 bits per heavy atom. The Balaban J connectivity index is 2.29. The van der Waals surface area contributed by atoms with Crippen molar-refractivity contribution in [2.24, 2.45) is 0 Å². The highest BCUT2D eigenvalue weighted by Gasteiger charge is 2.32. The lowest BCUT2D eigenvalue weighted by Gasteiger charge is -2.11. The number of carbonyl (C=O) groups is 1. The molecule has 0 radical (unpaired) electrons. The van der Waals surface area contributed by atoms with Crippen LogP contribution in [0.25, 0.3) is 10.8 Å². The normalized spacial score (nSPS) is 11.6. The van der Waals surface area contributed by atoms with Crippen molar-refractivity contribution < 1.29 is 13.9 Å². The zero-order chi connectivity index (χ0) is 18.1. The molecule has 0 saturated carbocycles. The van der Waals surface area contributed by atoms with Gasteiger partial charge < -0.3 is 0 Å². The molecule has 1 unspecified atom stereocenters. The van der Waals surface area contributed by atoms with Crippen molar-refractivity contribution in [2.75, 3.05) is 7.11 Å². The number of fused-ring (bicyclic) bond motifs is 1. The second kappa shape index (κ2) is 6.87. The minimum atomic E-state index is -2.11. The van der Waals surface area contributed by atoms with Gasteiger partial charge in [0.2, 0.25) is 5.30 Å². The molecule has 0 aromatic heterocycles. The van der Waals surface area contributed by atoms with Crippen molar-refractivity contribution in [3.8, 4) is 0 Å². The van der Waals surface area contributed by atoms with E-state index in [1.54, 1.807) is 6.07 Å². The van der Waals surface area contributed by atoms with Gasteiger partial charge in [0.25, 0.3) is 0 Å². The summed E-state index contributed by atoms with van der Waals surface area (Å²) in [6, 6.07) is 15.3. The minimum absolute atomic E-state index is 0.115. The number of benzene rings is 3. The van der Waals surface area contributed by atoms with E-state index >= 15 is 0 Å². The molecular weight excluding hydrogens is 331 g/mol.